The molecular formula is C18H18N2O2. The van der Waals surface area contributed by atoms with Crippen LogP contribution in [0.15, 0.2) is 59.0 Å². The molecule has 112 valence electrons. The van der Waals surface area contributed by atoms with Gasteiger partial charge in [0, 0.05) is 12.0 Å². The zero-order valence-corrected chi connectivity index (χ0v) is 12.5. The Morgan fingerprint density at radius 3 is 2.45 bits per heavy atom. The van der Waals surface area contributed by atoms with E-state index in [2.05, 4.69) is 17.1 Å². The summed E-state index contributed by atoms with van der Waals surface area (Å²) in [6, 6.07) is 17.8. The third-order valence-corrected chi connectivity index (χ3v) is 3.28. The van der Waals surface area contributed by atoms with E-state index in [1.807, 2.05) is 54.6 Å². The molecule has 0 radical (unpaired) electrons. The maximum Gasteiger partial charge on any atom is 0.247 e. The predicted octanol–water partition coefficient (Wildman–Crippen LogP) is 4.27. The van der Waals surface area contributed by atoms with Crippen molar-refractivity contribution in [1.82, 2.24) is 10.2 Å². The monoisotopic (exact) mass is 294 g/mol. The summed E-state index contributed by atoms with van der Waals surface area (Å²) in [6.45, 7) is 2.64. The Balaban J connectivity index is 1.64. The molecule has 3 rings (SSSR count). The molecule has 0 aliphatic heterocycles. The molecule has 0 saturated carbocycles. The van der Waals surface area contributed by atoms with Crippen molar-refractivity contribution in [3.63, 3.8) is 0 Å². The molecule has 0 aliphatic carbocycles. The van der Waals surface area contributed by atoms with Crippen LogP contribution in [0.3, 0.4) is 0 Å². The highest BCUT2D eigenvalue weighted by Gasteiger charge is 2.08. The van der Waals surface area contributed by atoms with E-state index in [4.69, 9.17) is 9.15 Å². The molecule has 4 nitrogen and oxygen atoms in total. The van der Waals surface area contributed by atoms with Gasteiger partial charge in [-0.3, -0.25) is 0 Å². The van der Waals surface area contributed by atoms with Crippen molar-refractivity contribution in [2.75, 3.05) is 0 Å². The molecule has 0 N–H and O–H groups in total. The van der Waals surface area contributed by atoms with Crippen molar-refractivity contribution in [3.8, 4) is 17.2 Å². The normalized spacial score (nSPS) is 10.6. The number of hydrogen-bond donors (Lipinski definition) is 0. The first-order chi connectivity index (χ1) is 10.8. The summed E-state index contributed by atoms with van der Waals surface area (Å²) in [5.74, 6) is 2.06. The van der Waals surface area contributed by atoms with Crippen LogP contribution >= 0.6 is 0 Å². The van der Waals surface area contributed by atoms with Gasteiger partial charge in [0.2, 0.25) is 11.8 Å². The van der Waals surface area contributed by atoms with Crippen molar-refractivity contribution in [1.29, 1.82) is 0 Å². The van der Waals surface area contributed by atoms with Crippen LogP contribution in [0.1, 0.15) is 24.8 Å². The van der Waals surface area contributed by atoms with Crippen LogP contribution in [-0.2, 0) is 13.0 Å². The lowest BCUT2D eigenvalue weighted by Crippen LogP contribution is -1.94. The van der Waals surface area contributed by atoms with Gasteiger partial charge in [-0.2, -0.15) is 0 Å². The summed E-state index contributed by atoms with van der Waals surface area (Å²) in [7, 11) is 0. The number of hydrogen-bond acceptors (Lipinski definition) is 4. The Hall–Kier alpha value is -2.62. The van der Waals surface area contributed by atoms with Crippen LogP contribution in [0.2, 0.25) is 0 Å². The predicted molar refractivity (Wildman–Crippen MR) is 84.5 cm³/mol. The summed E-state index contributed by atoms with van der Waals surface area (Å²) < 4.78 is 11.4. The first-order valence-electron chi connectivity index (χ1n) is 7.44. The number of aromatic nitrogens is 2. The highest BCUT2D eigenvalue weighted by molar-refractivity contribution is 5.53. The van der Waals surface area contributed by atoms with Crippen LogP contribution in [0, 0.1) is 0 Å². The molecule has 3 aromatic rings. The summed E-state index contributed by atoms with van der Waals surface area (Å²) in [4.78, 5) is 0. The summed E-state index contributed by atoms with van der Waals surface area (Å²) in [6.07, 6.45) is 1.80. The van der Waals surface area contributed by atoms with Gasteiger partial charge < -0.3 is 9.15 Å². The van der Waals surface area contributed by atoms with E-state index >= 15 is 0 Å². The van der Waals surface area contributed by atoms with Gasteiger partial charge in [0.1, 0.15) is 12.4 Å². The van der Waals surface area contributed by atoms with Crippen LogP contribution in [0.4, 0.5) is 0 Å². The minimum absolute atomic E-state index is 0.554. The smallest absolute Gasteiger partial charge is 0.247 e. The molecule has 0 saturated heterocycles. The second kappa shape index (κ2) is 6.89. The van der Waals surface area contributed by atoms with Gasteiger partial charge in [-0.25, -0.2) is 0 Å². The number of nitrogens with zero attached hydrogens (tertiary/aromatic N) is 2. The van der Waals surface area contributed by atoms with E-state index in [-0.39, 0.29) is 0 Å². The van der Waals surface area contributed by atoms with Crippen LogP contribution in [0.25, 0.3) is 11.5 Å². The van der Waals surface area contributed by atoms with Gasteiger partial charge in [0.15, 0.2) is 0 Å². The molecule has 0 spiro atoms. The standard InChI is InChI=1S/C18H18N2O2/c1-2-6-17-19-20-18(22-17)15-9-11-16(12-10-15)21-13-14-7-4-3-5-8-14/h3-5,7-12H,2,6,13H2,1H3. The molecule has 0 fully saturated rings. The maximum absolute atomic E-state index is 5.76. The zero-order valence-electron chi connectivity index (χ0n) is 12.5. The van der Waals surface area contributed by atoms with Crippen molar-refractivity contribution < 1.29 is 9.15 Å². The van der Waals surface area contributed by atoms with Crippen molar-refractivity contribution in [3.05, 3.63) is 66.1 Å². The fourth-order valence-corrected chi connectivity index (χ4v) is 2.12. The molecule has 0 unspecified atom stereocenters. The van der Waals surface area contributed by atoms with E-state index in [1.165, 1.54) is 0 Å². The third kappa shape index (κ3) is 3.52. The van der Waals surface area contributed by atoms with Crippen LogP contribution < -0.4 is 4.74 Å². The number of rotatable bonds is 6. The van der Waals surface area contributed by atoms with Gasteiger partial charge >= 0.3 is 0 Å². The van der Waals surface area contributed by atoms with Gasteiger partial charge in [-0.05, 0) is 36.2 Å². The first kappa shape index (κ1) is 14.3. The topological polar surface area (TPSA) is 48.2 Å². The molecule has 2 aromatic carbocycles. The number of benzene rings is 2. The van der Waals surface area contributed by atoms with Gasteiger partial charge in [0.05, 0.1) is 0 Å². The van der Waals surface area contributed by atoms with Crippen molar-refractivity contribution in [2.45, 2.75) is 26.4 Å². The fourth-order valence-electron chi connectivity index (χ4n) is 2.12. The highest BCUT2D eigenvalue weighted by Crippen LogP contribution is 2.22. The van der Waals surface area contributed by atoms with E-state index in [9.17, 15) is 0 Å². The largest absolute Gasteiger partial charge is 0.489 e. The molecule has 1 heterocycles. The minimum atomic E-state index is 0.554. The molecular weight excluding hydrogens is 276 g/mol. The summed E-state index contributed by atoms with van der Waals surface area (Å²) in [5.41, 5.74) is 2.05. The molecule has 0 atom stereocenters. The highest BCUT2D eigenvalue weighted by atomic mass is 16.5. The lowest BCUT2D eigenvalue weighted by atomic mass is 10.2. The average molecular weight is 294 g/mol. The van der Waals surface area contributed by atoms with Gasteiger partial charge in [-0.1, -0.05) is 37.3 Å². The van der Waals surface area contributed by atoms with Crippen molar-refractivity contribution in [2.24, 2.45) is 0 Å². The number of ether oxygens (including phenoxy) is 1. The van der Waals surface area contributed by atoms with Crippen LogP contribution in [0.5, 0.6) is 5.75 Å². The quantitative estimate of drug-likeness (QED) is 0.681. The Morgan fingerprint density at radius 2 is 1.73 bits per heavy atom. The number of aryl methyl sites for hydroxylation is 1. The maximum atomic E-state index is 5.76. The van der Waals surface area contributed by atoms with E-state index in [0.717, 1.165) is 29.7 Å². The second-order valence-corrected chi connectivity index (χ2v) is 5.05. The Kier molecular flexibility index (Phi) is 4.49. The van der Waals surface area contributed by atoms with E-state index in [0.29, 0.717) is 18.4 Å². The SMILES string of the molecule is CCCc1nnc(-c2ccc(OCc3ccccc3)cc2)o1. The molecule has 0 amide bonds. The molecule has 1 aromatic heterocycles. The molecule has 22 heavy (non-hydrogen) atoms. The fraction of sp³-hybridized carbons (Fsp3) is 0.222. The Labute approximate surface area is 129 Å². The summed E-state index contributed by atoms with van der Waals surface area (Å²) >= 11 is 0. The molecule has 0 aliphatic rings. The lowest BCUT2D eigenvalue weighted by Gasteiger charge is -2.06. The van der Waals surface area contributed by atoms with E-state index < -0.39 is 0 Å². The lowest BCUT2D eigenvalue weighted by molar-refractivity contribution is 0.306. The van der Waals surface area contributed by atoms with Crippen molar-refractivity contribution >= 4 is 0 Å². The van der Waals surface area contributed by atoms with Gasteiger partial charge in [0.25, 0.3) is 0 Å². The first-order valence-corrected chi connectivity index (χ1v) is 7.44. The summed E-state index contributed by atoms with van der Waals surface area (Å²) in [5, 5.41) is 8.10. The Morgan fingerprint density at radius 1 is 0.955 bits per heavy atom. The average Bonchev–Trinajstić information content (AvgIpc) is 3.03. The van der Waals surface area contributed by atoms with E-state index in [1.54, 1.807) is 0 Å². The molecule has 0 bridgehead atoms. The third-order valence-electron chi connectivity index (χ3n) is 3.28. The van der Waals surface area contributed by atoms with Gasteiger partial charge in [-0.15, -0.1) is 10.2 Å². The van der Waals surface area contributed by atoms with Crippen LogP contribution in [-0.4, -0.2) is 10.2 Å². The zero-order chi connectivity index (χ0) is 15.2. The minimum Gasteiger partial charge on any atom is -0.489 e. The second-order valence-electron chi connectivity index (χ2n) is 5.05. The molecule has 4 heteroatoms. The Bertz CT molecular complexity index is 705.